The highest BCUT2D eigenvalue weighted by Gasteiger charge is 2.08. The van der Waals surface area contributed by atoms with Crippen LogP contribution in [-0.4, -0.2) is 71.0 Å². The Hall–Kier alpha value is -1.48. The highest BCUT2D eigenvalue weighted by molar-refractivity contribution is 5.69. The average molecular weight is 687 g/mol. The van der Waals surface area contributed by atoms with Crippen LogP contribution < -0.4 is 0 Å². The van der Waals surface area contributed by atoms with Gasteiger partial charge in [0.15, 0.2) is 0 Å². The lowest BCUT2D eigenvalue weighted by Gasteiger charge is -2.08. The molecule has 286 valence electrons. The molecule has 0 radical (unpaired) electrons. The zero-order valence-electron chi connectivity index (χ0n) is 31.4. The third kappa shape index (κ3) is 42.5. The third-order valence-corrected chi connectivity index (χ3v) is 8.42. The molecule has 4 N–H and O–H groups in total. The predicted molar refractivity (Wildman–Crippen MR) is 198 cm³/mol. The summed E-state index contributed by atoms with van der Waals surface area (Å²) < 4.78 is 9.71. The van der Waals surface area contributed by atoms with Gasteiger partial charge in [-0.05, 0) is 38.5 Å². The predicted octanol–water partition coefficient (Wildman–Crippen LogP) is 9.28. The van der Waals surface area contributed by atoms with Gasteiger partial charge in [0, 0.05) is 12.8 Å². The number of aliphatic hydroxyl groups is 4. The Morgan fingerprint density at radius 3 is 1.02 bits per heavy atom. The SMILES string of the molecule is CCCCCCCC/C=C\CCCCCCCC(=O)OCC(O)CO.CCCCCCCCCCCCCCCC(=O)OCC(O)CO. The van der Waals surface area contributed by atoms with E-state index in [1.54, 1.807) is 0 Å². The number of allylic oxidation sites excluding steroid dienone is 2. The zero-order chi connectivity index (χ0) is 35.8. The minimum absolute atomic E-state index is 0.103. The fraction of sp³-hybridized carbons (Fsp3) is 0.900. The quantitative estimate of drug-likeness (QED) is 0.0295. The molecular formula is C40H78O8. The van der Waals surface area contributed by atoms with E-state index in [4.69, 9.17) is 29.9 Å². The Kier molecular flexibility index (Phi) is 42.2. The molecule has 0 aromatic rings. The van der Waals surface area contributed by atoms with E-state index in [-0.39, 0.29) is 38.4 Å². The van der Waals surface area contributed by atoms with E-state index < -0.39 is 12.2 Å². The van der Waals surface area contributed by atoms with Crippen molar-refractivity contribution in [3.63, 3.8) is 0 Å². The summed E-state index contributed by atoms with van der Waals surface area (Å²) in [5.41, 5.74) is 0. The molecule has 0 heterocycles. The molecule has 8 nitrogen and oxygen atoms in total. The van der Waals surface area contributed by atoms with Crippen LogP contribution in [0.5, 0.6) is 0 Å². The van der Waals surface area contributed by atoms with Crippen LogP contribution >= 0.6 is 0 Å². The smallest absolute Gasteiger partial charge is 0.305 e. The Labute approximate surface area is 295 Å². The summed E-state index contributed by atoms with van der Waals surface area (Å²) >= 11 is 0. The molecule has 0 fully saturated rings. The summed E-state index contributed by atoms with van der Waals surface area (Å²) in [6, 6.07) is 0. The summed E-state index contributed by atoms with van der Waals surface area (Å²) in [6.45, 7) is 3.55. The van der Waals surface area contributed by atoms with Crippen molar-refractivity contribution in [3.8, 4) is 0 Å². The van der Waals surface area contributed by atoms with Crippen LogP contribution in [0.15, 0.2) is 12.2 Å². The standard InChI is InChI=1S/C21H40O4.C19H38O4/c1-2-3-4-5-6-7-8-9-10-11-12-13-14-15-16-17-21(24)25-19-20(23)18-22;1-2-3-4-5-6-7-8-9-10-11-12-13-14-15-19(22)23-17-18(21)16-20/h9-10,20,22-23H,2-8,11-19H2,1H3;18,20-21H,2-17H2,1H3/b10-9-;. The molecule has 0 aromatic carbocycles. The van der Waals surface area contributed by atoms with Crippen molar-refractivity contribution >= 4 is 11.9 Å². The van der Waals surface area contributed by atoms with Gasteiger partial charge in [0.25, 0.3) is 0 Å². The molecule has 0 rings (SSSR count). The molecule has 0 saturated heterocycles. The molecule has 2 atom stereocenters. The van der Waals surface area contributed by atoms with Crippen LogP contribution in [0.25, 0.3) is 0 Å². The van der Waals surface area contributed by atoms with Crippen molar-refractivity contribution < 1.29 is 39.5 Å². The number of esters is 2. The summed E-state index contributed by atoms with van der Waals surface area (Å²) in [7, 11) is 0. The highest BCUT2D eigenvalue weighted by Crippen LogP contribution is 2.13. The minimum Gasteiger partial charge on any atom is -0.463 e. The zero-order valence-corrected chi connectivity index (χ0v) is 31.4. The highest BCUT2D eigenvalue weighted by atomic mass is 16.5. The maximum atomic E-state index is 11.4. The Balaban J connectivity index is 0. The van der Waals surface area contributed by atoms with Crippen LogP contribution in [0.4, 0.5) is 0 Å². The largest absolute Gasteiger partial charge is 0.463 e. The lowest BCUT2D eigenvalue weighted by Crippen LogP contribution is -2.21. The molecule has 0 aliphatic carbocycles. The van der Waals surface area contributed by atoms with Crippen molar-refractivity contribution in [2.24, 2.45) is 0 Å². The molecular weight excluding hydrogens is 608 g/mol. The van der Waals surface area contributed by atoms with E-state index in [1.165, 1.54) is 128 Å². The molecule has 48 heavy (non-hydrogen) atoms. The van der Waals surface area contributed by atoms with Crippen molar-refractivity contribution in [2.45, 2.75) is 206 Å². The van der Waals surface area contributed by atoms with Crippen LogP contribution in [0.2, 0.25) is 0 Å². The van der Waals surface area contributed by atoms with Gasteiger partial charge in [-0.1, -0.05) is 154 Å². The molecule has 0 aromatic heterocycles. The van der Waals surface area contributed by atoms with Crippen LogP contribution in [0.1, 0.15) is 194 Å². The van der Waals surface area contributed by atoms with E-state index in [0.717, 1.165) is 38.5 Å². The van der Waals surface area contributed by atoms with Gasteiger partial charge in [0.05, 0.1) is 13.2 Å². The fourth-order valence-electron chi connectivity index (χ4n) is 5.26. The number of carbonyl (C=O) groups excluding carboxylic acids is 2. The second-order valence-corrected chi connectivity index (χ2v) is 13.4. The topological polar surface area (TPSA) is 134 Å². The first kappa shape index (κ1) is 48.6. The number of rotatable bonds is 35. The Morgan fingerprint density at radius 2 is 0.729 bits per heavy atom. The fourth-order valence-corrected chi connectivity index (χ4v) is 5.26. The molecule has 0 bridgehead atoms. The lowest BCUT2D eigenvalue weighted by atomic mass is 10.0. The van der Waals surface area contributed by atoms with E-state index in [9.17, 15) is 9.59 Å². The molecule has 0 amide bonds. The van der Waals surface area contributed by atoms with E-state index in [0.29, 0.717) is 12.8 Å². The normalized spacial score (nSPS) is 12.5. The number of aliphatic hydroxyl groups excluding tert-OH is 4. The van der Waals surface area contributed by atoms with Crippen molar-refractivity contribution in [1.82, 2.24) is 0 Å². The lowest BCUT2D eigenvalue weighted by molar-refractivity contribution is -0.148. The minimum atomic E-state index is -0.960. The van der Waals surface area contributed by atoms with Crippen molar-refractivity contribution in [2.75, 3.05) is 26.4 Å². The molecule has 0 aliphatic rings. The second-order valence-electron chi connectivity index (χ2n) is 13.4. The van der Waals surface area contributed by atoms with E-state index >= 15 is 0 Å². The summed E-state index contributed by atoms with van der Waals surface area (Å²) in [6.07, 6.45) is 36.2. The van der Waals surface area contributed by atoms with Gasteiger partial charge >= 0.3 is 11.9 Å². The van der Waals surface area contributed by atoms with Gasteiger partial charge in [0.2, 0.25) is 0 Å². The van der Waals surface area contributed by atoms with E-state index in [2.05, 4.69) is 26.0 Å². The van der Waals surface area contributed by atoms with Crippen molar-refractivity contribution in [1.29, 1.82) is 0 Å². The summed E-state index contributed by atoms with van der Waals surface area (Å²) in [4.78, 5) is 22.7. The number of ether oxygens (including phenoxy) is 2. The van der Waals surface area contributed by atoms with Gasteiger partial charge < -0.3 is 29.9 Å². The van der Waals surface area contributed by atoms with Crippen LogP contribution in [0, 0.1) is 0 Å². The average Bonchev–Trinajstić information content (AvgIpc) is 3.10. The number of hydrogen-bond donors (Lipinski definition) is 4. The molecule has 8 heteroatoms. The van der Waals surface area contributed by atoms with Gasteiger partial charge in [-0.2, -0.15) is 0 Å². The first-order valence-electron chi connectivity index (χ1n) is 19.9. The van der Waals surface area contributed by atoms with Crippen molar-refractivity contribution in [3.05, 3.63) is 12.2 Å². The molecule has 0 spiro atoms. The van der Waals surface area contributed by atoms with Crippen LogP contribution in [0.3, 0.4) is 0 Å². The monoisotopic (exact) mass is 687 g/mol. The van der Waals surface area contributed by atoms with Gasteiger partial charge in [0.1, 0.15) is 25.4 Å². The van der Waals surface area contributed by atoms with Gasteiger partial charge in [-0.15, -0.1) is 0 Å². The molecule has 2 unspecified atom stereocenters. The van der Waals surface area contributed by atoms with Gasteiger partial charge in [-0.3, -0.25) is 9.59 Å². The summed E-state index contributed by atoms with van der Waals surface area (Å²) in [5.74, 6) is -0.564. The first-order chi connectivity index (χ1) is 23.4. The van der Waals surface area contributed by atoms with Crippen LogP contribution in [-0.2, 0) is 19.1 Å². The molecule has 0 saturated carbocycles. The third-order valence-electron chi connectivity index (χ3n) is 8.42. The van der Waals surface area contributed by atoms with E-state index in [1.807, 2.05) is 0 Å². The van der Waals surface area contributed by atoms with Gasteiger partial charge in [-0.25, -0.2) is 0 Å². The molecule has 0 aliphatic heterocycles. The Bertz CT molecular complexity index is 684. The number of unbranched alkanes of at least 4 members (excludes halogenated alkanes) is 23. The Morgan fingerprint density at radius 1 is 0.458 bits per heavy atom. The number of hydrogen-bond acceptors (Lipinski definition) is 8. The maximum Gasteiger partial charge on any atom is 0.305 e. The summed E-state index contributed by atoms with van der Waals surface area (Å²) in [5, 5.41) is 35.4. The first-order valence-corrected chi connectivity index (χ1v) is 19.9. The second kappa shape index (κ2) is 41.7. The maximum absolute atomic E-state index is 11.4. The number of carbonyl (C=O) groups is 2.